The first kappa shape index (κ1) is 14.0. The predicted molar refractivity (Wildman–Crippen MR) is 80.3 cm³/mol. The monoisotopic (exact) mass is 287 g/mol. The van der Waals surface area contributed by atoms with Gasteiger partial charge in [0.05, 0.1) is 18.0 Å². The van der Waals surface area contributed by atoms with Crippen molar-refractivity contribution in [3.63, 3.8) is 0 Å². The van der Waals surface area contributed by atoms with Crippen LogP contribution in [0.5, 0.6) is 0 Å². The maximum Gasteiger partial charge on any atom is 0.151 e. The third-order valence-electron chi connectivity index (χ3n) is 3.86. The first-order valence-corrected chi connectivity index (χ1v) is 7.31. The molecule has 112 valence electrons. The van der Waals surface area contributed by atoms with Gasteiger partial charge >= 0.3 is 0 Å². The van der Waals surface area contributed by atoms with Crippen molar-refractivity contribution in [1.82, 2.24) is 20.0 Å². The van der Waals surface area contributed by atoms with Crippen LogP contribution in [0.3, 0.4) is 0 Å². The highest BCUT2D eigenvalue weighted by Crippen LogP contribution is 2.29. The minimum absolute atomic E-state index is 0.273. The average Bonchev–Trinajstić information content (AvgIpc) is 2.91. The molecule has 1 aliphatic rings. The minimum atomic E-state index is 0.273. The maximum atomic E-state index is 5.37. The van der Waals surface area contributed by atoms with Gasteiger partial charge in [0, 0.05) is 44.4 Å². The van der Waals surface area contributed by atoms with Crippen LogP contribution in [0.15, 0.2) is 18.3 Å². The third-order valence-corrected chi connectivity index (χ3v) is 3.86. The van der Waals surface area contributed by atoms with Crippen molar-refractivity contribution in [3.05, 3.63) is 35.3 Å². The van der Waals surface area contributed by atoms with Gasteiger partial charge in [-0.15, -0.1) is 5.10 Å². The number of nitrogens with zero attached hydrogens (tertiary/aromatic N) is 5. The van der Waals surface area contributed by atoms with Gasteiger partial charge in [0.2, 0.25) is 0 Å². The van der Waals surface area contributed by atoms with Gasteiger partial charge in [-0.2, -0.15) is 10.2 Å². The van der Waals surface area contributed by atoms with Crippen LogP contribution < -0.4 is 4.90 Å². The SMILES string of the molecule is CCn1cc2c(n1)[C@@H](COC)CN(c1ccc(C)nn1)C2. The number of fused-ring (bicyclic) bond motifs is 1. The van der Waals surface area contributed by atoms with Crippen molar-refractivity contribution in [1.29, 1.82) is 0 Å². The molecule has 2 aromatic heterocycles. The third kappa shape index (κ3) is 2.76. The highest BCUT2D eigenvalue weighted by molar-refractivity contribution is 5.43. The lowest BCUT2D eigenvalue weighted by Crippen LogP contribution is -2.35. The second-order valence-corrected chi connectivity index (χ2v) is 5.46. The zero-order valence-corrected chi connectivity index (χ0v) is 12.8. The van der Waals surface area contributed by atoms with E-state index in [2.05, 4.69) is 33.3 Å². The van der Waals surface area contributed by atoms with Crippen LogP contribution in [0.4, 0.5) is 5.82 Å². The molecule has 0 aliphatic carbocycles. The molecule has 0 amide bonds. The molecule has 0 saturated carbocycles. The molecule has 2 aromatic rings. The van der Waals surface area contributed by atoms with E-state index in [4.69, 9.17) is 4.74 Å². The lowest BCUT2D eigenvalue weighted by molar-refractivity contribution is 0.176. The fourth-order valence-corrected chi connectivity index (χ4v) is 2.80. The summed E-state index contributed by atoms with van der Waals surface area (Å²) in [4.78, 5) is 2.25. The standard InChI is InChI=1S/C15H21N5O/c1-4-20-9-12-7-19(14-6-5-11(2)16-17-14)8-13(10-21-3)15(12)18-20/h5-6,9,13H,4,7-8,10H2,1-3H3/t13-/m1/s1. The molecule has 3 heterocycles. The summed E-state index contributed by atoms with van der Waals surface area (Å²) in [5.74, 6) is 1.19. The Labute approximate surface area is 124 Å². The summed E-state index contributed by atoms with van der Waals surface area (Å²) in [6.07, 6.45) is 2.13. The molecule has 21 heavy (non-hydrogen) atoms. The van der Waals surface area contributed by atoms with Crippen LogP contribution in [0.2, 0.25) is 0 Å². The molecule has 1 atom stereocenters. The van der Waals surface area contributed by atoms with Gasteiger partial charge in [-0.25, -0.2) is 0 Å². The largest absolute Gasteiger partial charge is 0.384 e. The molecule has 6 nitrogen and oxygen atoms in total. The van der Waals surface area contributed by atoms with Crippen LogP contribution in [0, 0.1) is 6.92 Å². The molecule has 6 heteroatoms. The Morgan fingerprint density at radius 2 is 2.19 bits per heavy atom. The number of anilines is 1. The Balaban J connectivity index is 1.90. The summed E-state index contributed by atoms with van der Waals surface area (Å²) >= 11 is 0. The van der Waals surface area contributed by atoms with Gasteiger partial charge in [-0.1, -0.05) is 0 Å². The Morgan fingerprint density at radius 1 is 1.33 bits per heavy atom. The van der Waals surface area contributed by atoms with E-state index in [1.165, 1.54) is 5.56 Å². The lowest BCUT2D eigenvalue weighted by Gasteiger charge is -2.32. The van der Waals surface area contributed by atoms with Crippen molar-refractivity contribution >= 4 is 5.82 Å². The van der Waals surface area contributed by atoms with E-state index in [0.29, 0.717) is 6.61 Å². The fraction of sp³-hybridized carbons (Fsp3) is 0.533. The summed E-state index contributed by atoms with van der Waals surface area (Å²) in [6.45, 7) is 7.30. The number of rotatable bonds is 4. The van der Waals surface area contributed by atoms with E-state index >= 15 is 0 Å². The van der Waals surface area contributed by atoms with E-state index in [1.54, 1.807) is 7.11 Å². The summed E-state index contributed by atoms with van der Waals surface area (Å²) in [7, 11) is 1.74. The molecule has 0 spiro atoms. The van der Waals surface area contributed by atoms with E-state index < -0.39 is 0 Å². The quantitative estimate of drug-likeness (QED) is 0.857. The zero-order chi connectivity index (χ0) is 14.8. The molecule has 0 bridgehead atoms. The van der Waals surface area contributed by atoms with Gasteiger partial charge < -0.3 is 9.64 Å². The van der Waals surface area contributed by atoms with Crippen molar-refractivity contribution in [2.45, 2.75) is 32.9 Å². The van der Waals surface area contributed by atoms with Gasteiger partial charge in [-0.3, -0.25) is 4.68 Å². The highest BCUT2D eigenvalue weighted by Gasteiger charge is 2.29. The van der Waals surface area contributed by atoms with E-state index in [1.807, 2.05) is 23.7 Å². The Kier molecular flexibility index (Phi) is 3.88. The smallest absolute Gasteiger partial charge is 0.151 e. The molecule has 0 aromatic carbocycles. The lowest BCUT2D eigenvalue weighted by atomic mass is 9.97. The van der Waals surface area contributed by atoms with E-state index in [-0.39, 0.29) is 5.92 Å². The van der Waals surface area contributed by atoms with Crippen LogP contribution in [0.25, 0.3) is 0 Å². The van der Waals surface area contributed by atoms with Crippen LogP contribution in [-0.4, -0.2) is 40.2 Å². The van der Waals surface area contributed by atoms with Crippen molar-refractivity contribution in [2.75, 3.05) is 25.2 Å². The topological polar surface area (TPSA) is 56.1 Å². The summed E-state index contributed by atoms with van der Waals surface area (Å²) in [5, 5.41) is 13.1. The molecular formula is C15H21N5O. The van der Waals surface area contributed by atoms with Gasteiger partial charge in [0.15, 0.2) is 5.82 Å². The summed E-state index contributed by atoms with van der Waals surface area (Å²) in [6, 6.07) is 4.03. The molecule has 0 radical (unpaired) electrons. The number of aromatic nitrogens is 4. The maximum absolute atomic E-state index is 5.37. The number of hydrogen-bond acceptors (Lipinski definition) is 5. The van der Waals surface area contributed by atoms with Crippen molar-refractivity contribution in [3.8, 4) is 0 Å². The number of hydrogen-bond donors (Lipinski definition) is 0. The molecule has 3 rings (SSSR count). The van der Waals surface area contributed by atoms with Crippen LogP contribution >= 0.6 is 0 Å². The molecule has 1 aliphatic heterocycles. The normalized spacial score (nSPS) is 17.9. The number of ether oxygens (including phenoxy) is 1. The fourth-order valence-electron chi connectivity index (χ4n) is 2.80. The van der Waals surface area contributed by atoms with E-state index in [9.17, 15) is 0 Å². The van der Waals surface area contributed by atoms with E-state index in [0.717, 1.165) is 36.8 Å². The highest BCUT2D eigenvalue weighted by atomic mass is 16.5. The molecule has 0 fully saturated rings. The first-order chi connectivity index (χ1) is 10.2. The number of methoxy groups -OCH3 is 1. The minimum Gasteiger partial charge on any atom is -0.384 e. The van der Waals surface area contributed by atoms with Crippen molar-refractivity contribution < 1.29 is 4.74 Å². The molecule has 0 unspecified atom stereocenters. The molecule has 0 N–H and O–H groups in total. The molecular weight excluding hydrogens is 266 g/mol. The van der Waals surface area contributed by atoms with Crippen molar-refractivity contribution in [2.24, 2.45) is 0 Å². The zero-order valence-electron chi connectivity index (χ0n) is 12.8. The Hall–Kier alpha value is -1.95. The Morgan fingerprint density at radius 3 is 2.86 bits per heavy atom. The number of aryl methyl sites for hydroxylation is 2. The summed E-state index contributed by atoms with van der Waals surface area (Å²) < 4.78 is 7.37. The van der Waals surface area contributed by atoms with Gasteiger partial charge in [-0.05, 0) is 26.0 Å². The summed E-state index contributed by atoms with van der Waals surface area (Å²) in [5.41, 5.74) is 3.35. The predicted octanol–water partition coefficient (Wildman–Crippen LogP) is 1.75. The second-order valence-electron chi connectivity index (χ2n) is 5.46. The second kappa shape index (κ2) is 5.81. The average molecular weight is 287 g/mol. The first-order valence-electron chi connectivity index (χ1n) is 7.31. The van der Waals surface area contributed by atoms with Crippen LogP contribution in [-0.2, 0) is 17.8 Å². The van der Waals surface area contributed by atoms with Gasteiger partial charge in [0.1, 0.15) is 0 Å². The molecule has 0 saturated heterocycles. The van der Waals surface area contributed by atoms with Crippen LogP contribution in [0.1, 0.15) is 29.8 Å². The Bertz CT molecular complexity index is 607. The van der Waals surface area contributed by atoms with Gasteiger partial charge in [0.25, 0.3) is 0 Å².